The second-order valence-electron chi connectivity index (χ2n) is 3.72. The zero-order valence-corrected chi connectivity index (χ0v) is 10.6. The third-order valence-corrected chi connectivity index (χ3v) is 3.19. The summed E-state index contributed by atoms with van der Waals surface area (Å²) in [4.78, 5) is 1.28. The maximum atomic E-state index is 5.68. The van der Waals surface area contributed by atoms with E-state index in [1.165, 1.54) is 16.9 Å². The van der Waals surface area contributed by atoms with Gasteiger partial charge in [0.25, 0.3) is 0 Å². The van der Waals surface area contributed by atoms with Crippen molar-refractivity contribution in [2.75, 3.05) is 6.61 Å². The number of aryl methyl sites for hydroxylation is 1. The molecular formula is C13H20OS. The molecule has 0 radical (unpaired) electrons. The summed E-state index contributed by atoms with van der Waals surface area (Å²) in [6.07, 6.45) is 2.35. The van der Waals surface area contributed by atoms with E-state index in [0.717, 1.165) is 13.0 Å². The van der Waals surface area contributed by atoms with Gasteiger partial charge in [0.1, 0.15) is 5.44 Å². The van der Waals surface area contributed by atoms with E-state index < -0.39 is 0 Å². The summed E-state index contributed by atoms with van der Waals surface area (Å²) in [5.41, 5.74) is 1.55. The Kier molecular flexibility index (Phi) is 5.81. The van der Waals surface area contributed by atoms with Crippen molar-refractivity contribution in [1.29, 1.82) is 0 Å². The molecule has 0 saturated heterocycles. The lowest BCUT2D eigenvalue weighted by Gasteiger charge is -2.12. The topological polar surface area (TPSA) is 9.23 Å². The molecule has 1 aromatic carbocycles. The molecule has 0 saturated carbocycles. The standard InChI is InChI=1S/C13H20OS/c1-4-5-10-14-12(3)15-13-8-6-11(2)7-9-13/h6-9,12H,4-5,10H2,1-3H3. The number of rotatable bonds is 6. The molecule has 84 valence electrons. The molecule has 1 rings (SSSR count). The van der Waals surface area contributed by atoms with Crippen LogP contribution in [-0.4, -0.2) is 12.0 Å². The smallest absolute Gasteiger partial charge is 0.104 e. The van der Waals surface area contributed by atoms with Crippen molar-refractivity contribution in [3.63, 3.8) is 0 Å². The number of unbranched alkanes of at least 4 members (excludes halogenated alkanes) is 1. The summed E-state index contributed by atoms with van der Waals surface area (Å²) in [5, 5.41) is 0. The molecule has 0 fully saturated rings. The van der Waals surface area contributed by atoms with E-state index in [4.69, 9.17) is 4.74 Å². The molecule has 1 aromatic rings. The van der Waals surface area contributed by atoms with Crippen LogP contribution < -0.4 is 0 Å². The van der Waals surface area contributed by atoms with Gasteiger partial charge < -0.3 is 4.74 Å². The second kappa shape index (κ2) is 6.91. The SMILES string of the molecule is CCCCOC(C)Sc1ccc(C)cc1. The third-order valence-electron chi connectivity index (χ3n) is 2.17. The van der Waals surface area contributed by atoms with E-state index >= 15 is 0 Å². The van der Waals surface area contributed by atoms with Crippen molar-refractivity contribution in [1.82, 2.24) is 0 Å². The summed E-state index contributed by atoms with van der Waals surface area (Å²) in [6, 6.07) is 8.58. The van der Waals surface area contributed by atoms with E-state index in [2.05, 4.69) is 45.0 Å². The minimum atomic E-state index is 0.249. The molecule has 0 heterocycles. The van der Waals surface area contributed by atoms with Gasteiger partial charge in [-0.15, -0.1) is 0 Å². The van der Waals surface area contributed by atoms with Crippen molar-refractivity contribution in [3.8, 4) is 0 Å². The van der Waals surface area contributed by atoms with Gasteiger partial charge in [-0.05, 0) is 32.4 Å². The maximum absolute atomic E-state index is 5.68. The fraction of sp³-hybridized carbons (Fsp3) is 0.538. The molecule has 0 bridgehead atoms. The first kappa shape index (κ1) is 12.6. The second-order valence-corrected chi connectivity index (χ2v) is 5.09. The van der Waals surface area contributed by atoms with Crippen molar-refractivity contribution >= 4 is 11.8 Å². The predicted molar refractivity (Wildman–Crippen MR) is 67.4 cm³/mol. The van der Waals surface area contributed by atoms with Crippen LogP contribution >= 0.6 is 11.8 Å². The van der Waals surface area contributed by atoms with Crippen molar-refractivity contribution < 1.29 is 4.74 Å². The number of ether oxygens (including phenoxy) is 1. The van der Waals surface area contributed by atoms with Crippen molar-refractivity contribution in [3.05, 3.63) is 29.8 Å². The van der Waals surface area contributed by atoms with Crippen LogP contribution in [-0.2, 0) is 4.74 Å². The Morgan fingerprint density at radius 1 is 1.27 bits per heavy atom. The lowest BCUT2D eigenvalue weighted by atomic mass is 10.2. The van der Waals surface area contributed by atoms with Crippen LogP contribution in [0.2, 0.25) is 0 Å². The summed E-state index contributed by atoms with van der Waals surface area (Å²) in [5.74, 6) is 0. The molecule has 0 spiro atoms. The van der Waals surface area contributed by atoms with Crippen LogP contribution in [0, 0.1) is 6.92 Å². The molecule has 0 aliphatic carbocycles. The van der Waals surface area contributed by atoms with Gasteiger partial charge in [0.05, 0.1) is 0 Å². The molecular weight excluding hydrogens is 204 g/mol. The van der Waals surface area contributed by atoms with Crippen molar-refractivity contribution in [2.45, 2.75) is 43.9 Å². The Hall–Kier alpha value is -0.470. The number of thioether (sulfide) groups is 1. The Labute approximate surface area is 97.2 Å². The lowest BCUT2D eigenvalue weighted by molar-refractivity contribution is 0.121. The Morgan fingerprint density at radius 2 is 1.93 bits per heavy atom. The minimum absolute atomic E-state index is 0.249. The Bertz CT molecular complexity index is 268. The number of benzene rings is 1. The molecule has 15 heavy (non-hydrogen) atoms. The monoisotopic (exact) mass is 224 g/mol. The first-order valence-corrected chi connectivity index (χ1v) is 6.45. The summed E-state index contributed by atoms with van der Waals surface area (Å²) in [6.45, 7) is 7.27. The Morgan fingerprint density at radius 3 is 2.53 bits per heavy atom. The van der Waals surface area contributed by atoms with Crippen LogP contribution in [0.25, 0.3) is 0 Å². The lowest BCUT2D eigenvalue weighted by Crippen LogP contribution is -2.04. The molecule has 1 unspecified atom stereocenters. The minimum Gasteiger partial charge on any atom is -0.368 e. The number of hydrogen-bond donors (Lipinski definition) is 0. The highest BCUT2D eigenvalue weighted by Crippen LogP contribution is 2.24. The van der Waals surface area contributed by atoms with Crippen LogP contribution in [0.3, 0.4) is 0 Å². The fourth-order valence-corrected chi connectivity index (χ4v) is 2.08. The van der Waals surface area contributed by atoms with E-state index in [1.807, 2.05) is 0 Å². The molecule has 0 aromatic heterocycles. The zero-order valence-electron chi connectivity index (χ0n) is 9.82. The van der Waals surface area contributed by atoms with Crippen molar-refractivity contribution in [2.24, 2.45) is 0 Å². The van der Waals surface area contributed by atoms with Crippen LogP contribution in [0.15, 0.2) is 29.2 Å². The molecule has 1 atom stereocenters. The van der Waals surface area contributed by atoms with Crippen LogP contribution in [0.4, 0.5) is 0 Å². The van der Waals surface area contributed by atoms with E-state index in [1.54, 1.807) is 11.8 Å². The first-order chi connectivity index (χ1) is 7.22. The number of hydrogen-bond acceptors (Lipinski definition) is 2. The van der Waals surface area contributed by atoms with Crippen LogP contribution in [0.1, 0.15) is 32.3 Å². The molecule has 1 nitrogen and oxygen atoms in total. The highest BCUT2D eigenvalue weighted by atomic mass is 32.2. The van der Waals surface area contributed by atoms with E-state index in [0.29, 0.717) is 0 Å². The molecule has 2 heteroatoms. The molecule has 0 aliphatic rings. The fourth-order valence-electron chi connectivity index (χ4n) is 1.24. The summed E-state index contributed by atoms with van der Waals surface area (Å²) < 4.78 is 5.68. The maximum Gasteiger partial charge on any atom is 0.104 e. The van der Waals surface area contributed by atoms with Gasteiger partial charge >= 0.3 is 0 Å². The average Bonchev–Trinajstić information content (AvgIpc) is 2.22. The Balaban J connectivity index is 2.31. The highest BCUT2D eigenvalue weighted by molar-refractivity contribution is 7.99. The van der Waals surface area contributed by atoms with Crippen LogP contribution in [0.5, 0.6) is 0 Å². The largest absolute Gasteiger partial charge is 0.368 e. The van der Waals surface area contributed by atoms with E-state index in [9.17, 15) is 0 Å². The van der Waals surface area contributed by atoms with E-state index in [-0.39, 0.29) is 5.44 Å². The quantitative estimate of drug-likeness (QED) is 0.406. The van der Waals surface area contributed by atoms with Gasteiger partial charge in [-0.25, -0.2) is 0 Å². The van der Waals surface area contributed by atoms with Gasteiger partial charge in [0.15, 0.2) is 0 Å². The molecule has 0 N–H and O–H groups in total. The van der Waals surface area contributed by atoms with Gasteiger partial charge in [0.2, 0.25) is 0 Å². The summed E-state index contributed by atoms with van der Waals surface area (Å²) >= 11 is 1.78. The zero-order chi connectivity index (χ0) is 11.1. The van der Waals surface area contributed by atoms with Gasteiger partial charge in [-0.2, -0.15) is 0 Å². The average molecular weight is 224 g/mol. The predicted octanol–water partition coefficient (Wildman–Crippen LogP) is 4.25. The van der Waals surface area contributed by atoms with Gasteiger partial charge in [-0.1, -0.05) is 42.8 Å². The molecule has 0 aliphatic heterocycles. The molecule has 0 amide bonds. The highest BCUT2D eigenvalue weighted by Gasteiger charge is 2.03. The van der Waals surface area contributed by atoms with Gasteiger partial charge in [0, 0.05) is 11.5 Å². The normalized spacial score (nSPS) is 12.7. The van der Waals surface area contributed by atoms with Gasteiger partial charge in [-0.3, -0.25) is 0 Å². The summed E-state index contributed by atoms with van der Waals surface area (Å²) in [7, 11) is 0. The first-order valence-electron chi connectivity index (χ1n) is 5.57. The third kappa shape index (κ3) is 5.24.